The number of hydrogen-bond donors (Lipinski definition) is 1. The monoisotopic (exact) mass is 481 g/mol. The molecule has 9 heteroatoms. The molecule has 0 fully saturated rings. The average molecular weight is 482 g/mol. The fraction of sp³-hybridized carbons (Fsp3) is 1.00. The van der Waals surface area contributed by atoms with Crippen LogP contribution in [0.2, 0.25) is 12.1 Å². The second kappa shape index (κ2) is 20.7. The van der Waals surface area contributed by atoms with Crippen LogP contribution in [-0.2, 0) is 26.6 Å². The maximum absolute atomic E-state index is 6.18. The molecule has 0 aromatic rings. The first-order valence-corrected chi connectivity index (χ1v) is 16.5. The van der Waals surface area contributed by atoms with Crippen LogP contribution in [0.3, 0.4) is 0 Å². The topological polar surface area (TPSA) is 67.4 Å². The van der Waals surface area contributed by atoms with E-state index in [4.69, 9.17) is 26.6 Å². The molecule has 7 nitrogen and oxygen atoms in total. The summed E-state index contributed by atoms with van der Waals surface area (Å²) in [6.07, 6.45) is 5.75. The Balaban J connectivity index is 4.86. The zero-order valence-corrected chi connectivity index (χ0v) is 23.3. The number of hydrogen-bond acceptors (Lipinski definition) is 7. The maximum atomic E-state index is 6.18. The van der Waals surface area contributed by atoms with Gasteiger partial charge in [-0.1, -0.05) is 41.5 Å². The van der Waals surface area contributed by atoms with Crippen molar-refractivity contribution in [2.45, 2.75) is 92.2 Å². The largest absolute Gasteiger partial charge is 0.502 e. The van der Waals surface area contributed by atoms with E-state index in [1.807, 2.05) is 0 Å². The summed E-state index contributed by atoms with van der Waals surface area (Å²) < 4.78 is 37.1. The summed E-state index contributed by atoms with van der Waals surface area (Å²) in [6.45, 7) is 18.3. The van der Waals surface area contributed by atoms with Crippen molar-refractivity contribution in [3.8, 4) is 0 Å². The molecule has 0 atom stereocenters. The summed E-state index contributed by atoms with van der Waals surface area (Å²) in [5.74, 6) is 0. The van der Waals surface area contributed by atoms with Gasteiger partial charge in [-0.05, 0) is 51.6 Å². The van der Waals surface area contributed by atoms with E-state index in [2.05, 4.69) is 46.9 Å². The average Bonchev–Trinajstić information content (AvgIpc) is 2.80. The van der Waals surface area contributed by atoms with Crippen LogP contribution in [0.25, 0.3) is 0 Å². The molecule has 0 bridgehead atoms. The van der Waals surface area contributed by atoms with Crippen LogP contribution in [0.4, 0.5) is 0 Å². The second-order valence-corrected chi connectivity index (χ2v) is 13.2. The Bertz CT molecular complexity index is 315. The third-order valence-electron chi connectivity index (χ3n) is 4.37. The van der Waals surface area contributed by atoms with E-state index in [1.165, 1.54) is 0 Å². The Morgan fingerprint density at radius 3 is 0.839 bits per heavy atom. The molecule has 0 amide bonds. The third-order valence-corrected chi connectivity index (χ3v) is 9.96. The zero-order valence-electron chi connectivity index (χ0n) is 21.3. The standard InChI is InChI=1S/C22H51NO6Si2/c1-7-15-24-30(25-16-8-2,26-17-9-3)21-13-23-14-22-31(27-18-10-4,28-19-11-5)29-20-12-6/h23H,7-22H2,1-6H3. The predicted octanol–water partition coefficient (Wildman–Crippen LogP) is 5.01. The fourth-order valence-electron chi connectivity index (χ4n) is 2.84. The van der Waals surface area contributed by atoms with Gasteiger partial charge in [0.25, 0.3) is 0 Å². The van der Waals surface area contributed by atoms with Crippen LogP contribution < -0.4 is 5.32 Å². The Hall–Kier alpha value is 0.154. The summed E-state index contributed by atoms with van der Waals surface area (Å²) in [5.41, 5.74) is 0. The van der Waals surface area contributed by atoms with Gasteiger partial charge in [0.05, 0.1) is 0 Å². The van der Waals surface area contributed by atoms with E-state index in [-0.39, 0.29) is 0 Å². The molecule has 1 N–H and O–H groups in total. The second-order valence-electron chi connectivity index (χ2n) is 7.71. The van der Waals surface area contributed by atoms with Crippen LogP contribution in [-0.4, -0.2) is 70.3 Å². The highest BCUT2D eigenvalue weighted by Gasteiger charge is 2.42. The lowest BCUT2D eigenvalue weighted by Crippen LogP contribution is -2.50. The molecular weight excluding hydrogens is 430 g/mol. The van der Waals surface area contributed by atoms with Crippen molar-refractivity contribution in [1.82, 2.24) is 5.32 Å². The van der Waals surface area contributed by atoms with Gasteiger partial charge in [0.1, 0.15) is 0 Å². The van der Waals surface area contributed by atoms with E-state index < -0.39 is 17.6 Å². The summed E-state index contributed by atoms with van der Waals surface area (Å²) in [7, 11) is -5.32. The van der Waals surface area contributed by atoms with Crippen molar-refractivity contribution in [1.29, 1.82) is 0 Å². The molecule has 0 aliphatic carbocycles. The molecule has 188 valence electrons. The van der Waals surface area contributed by atoms with E-state index >= 15 is 0 Å². The molecule has 0 spiro atoms. The minimum absolute atomic E-state index is 0.677. The zero-order chi connectivity index (χ0) is 23.3. The summed E-state index contributed by atoms with van der Waals surface area (Å²) in [5, 5.41) is 3.54. The molecule has 0 radical (unpaired) electrons. The minimum Gasteiger partial charge on any atom is -0.373 e. The molecule has 31 heavy (non-hydrogen) atoms. The van der Waals surface area contributed by atoms with Crippen molar-refractivity contribution < 1.29 is 26.6 Å². The summed E-state index contributed by atoms with van der Waals surface area (Å²) >= 11 is 0. The van der Waals surface area contributed by atoms with Crippen molar-refractivity contribution in [3.05, 3.63) is 0 Å². The van der Waals surface area contributed by atoms with Gasteiger partial charge in [0, 0.05) is 51.7 Å². The van der Waals surface area contributed by atoms with Gasteiger partial charge >= 0.3 is 17.6 Å². The van der Waals surface area contributed by atoms with Gasteiger partial charge in [-0.2, -0.15) is 0 Å². The van der Waals surface area contributed by atoms with Crippen molar-refractivity contribution in [3.63, 3.8) is 0 Å². The predicted molar refractivity (Wildman–Crippen MR) is 131 cm³/mol. The highest BCUT2D eigenvalue weighted by molar-refractivity contribution is 6.61. The fourth-order valence-corrected chi connectivity index (χ4v) is 8.26. The van der Waals surface area contributed by atoms with Crippen LogP contribution in [0.15, 0.2) is 0 Å². The molecule has 0 heterocycles. The first-order valence-electron chi connectivity index (χ1n) is 12.6. The van der Waals surface area contributed by atoms with Crippen LogP contribution in [0, 0.1) is 0 Å². The molecule has 0 aromatic heterocycles. The molecule has 0 saturated heterocycles. The smallest absolute Gasteiger partial charge is 0.373 e. The van der Waals surface area contributed by atoms with Crippen molar-refractivity contribution in [2.24, 2.45) is 0 Å². The summed E-state index contributed by atoms with van der Waals surface area (Å²) in [6, 6.07) is 1.53. The maximum Gasteiger partial charge on any atom is 0.502 e. The molecule has 0 rings (SSSR count). The summed E-state index contributed by atoms with van der Waals surface area (Å²) in [4.78, 5) is 0. The first kappa shape index (κ1) is 31.2. The SMILES string of the molecule is CCCO[Si](CCNCC[Si](OCCC)(OCCC)OCCC)(OCCC)OCCC. The number of rotatable bonds is 24. The Labute approximate surface area is 194 Å². The van der Waals surface area contributed by atoms with Crippen LogP contribution in [0.5, 0.6) is 0 Å². The van der Waals surface area contributed by atoms with E-state index in [0.717, 1.165) is 63.7 Å². The Morgan fingerprint density at radius 1 is 0.419 bits per heavy atom. The Morgan fingerprint density at radius 2 is 0.645 bits per heavy atom. The Kier molecular flexibility index (Phi) is 20.8. The molecule has 0 aliphatic heterocycles. The number of nitrogens with one attached hydrogen (secondary N) is 1. The van der Waals surface area contributed by atoms with Crippen LogP contribution in [0.1, 0.15) is 80.1 Å². The molecular formula is C22H51NO6Si2. The third kappa shape index (κ3) is 14.8. The lowest BCUT2D eigenvalue weighted by Gasteiger charge is -2.31. The van der Waals surface area contributed by atoms with E-state index in [1.54, 1.807) is 0 Å². The lowest BCUT2D eigenvalue weighted by molar-refractivity contribution is 0.0583. The van der Waals surface area contributed by atoms with E-state index in [9.17, 15) is 0 Å². The van der Waals surface area contributed by atoms with Gasteiger partial charge in [-0.15, -0.1) is 0 Å². The highest BCUT2D eigenvalue weighted by Crippen LogP contribution is 2.19. The molecule has 0 aromatic carbocycles. The minimum atomic E-state index is -2.66. The normalized spacial score (nSPS) is 12.6. The van der Waals surface area contributed by atoms with Crippen molar-refractivity contribution in [2.75, 3.05) is 52.7 Å². The molecule has 0 saturated carbocycles. The van der Waals surface area contributed by atoms with Gasteiger partial charge in [-0.3, -0.25) is 0 Å². The molecule has 0 unspecified atom stereocenters. The van der Waals surface area contributed by atoms with E-state index in [0.29, 0.717) is 39.6 Å². The van der Waals surface area contributed by atoms with Crippen molar-refractivity contribution >= 4 is 17.6 Å². The van der Waals surface area contributed by atoms with Gasteiger partial charge in [-0.25, -0.2) is 0 Å². The highest BCUT2D eigenvalue weighted by atomic mass is 28.4. The van der Waals surface area contributed by atoms with Gasteiger partial charge < -0.3 is 31.9 Å². The van der Waals surface area contributed by atoms with Gasteiger partial charge in [0.2, 0.25) is 0 Å². The lowest BCUT2D eigenvalue weighted by atomic mass is 10.5. The quantitative estimate of drug-likeness (QED) is 0.153. The first-order chi connectivity index (χ1) is 15.1. The molecule has 0 aliphatic rings. The van der Waals surface area contributed by atoms with Crippen LogP contribution >= 0.6 is 0 Å². The van der Waals surface area contributed by atoms with Gasteiger partial charge in [0.15, 0.2) is 0 Å².